The SMILES string of the molecule is COc1ccc(NC(=O)CN2CCCC2)c([N+](=O)[O-])c1. The van der Waals surface area contributed by atoms with E-state index in [-0.39, 0.29) is 23.8 Å². The molecule has 1 aliphatic heterocycles. The van der Waals surface area contributed by atoms with E-state index in [0.29, 0.717) is 5.75 Å². The Morgan fingerprint density at radius 2 is 2.15 bits per heavy atom. The Kier molecular flexibility index (Phi) is 4.52. The lowest BCUT2D eigenvalue weighted by Crippen LogP contribution is -2.31. The van der Waals surface area contributed by atoms with E-state index in [9.17, 15) is 14.9 Å². The first-order valence-electron chi connectivity index (χ1n) is 6.45. The third-order valence-corrected chi connectivity index (χ3v) is 3.24. The van der Waals surface area contributed by atoms with Gasteiger partial charge in [-0.25, -0.2) is 0 Å². The molecule has 2 rings (SSSR count). The molecule has 0 unspecified atom stereocenters. The molecule has 1 heterocycles. The number of amides is 1. The van der Waals surface area contributed by atoms with Gasteiger partial charge in [-0.05, 0) is 38.1 Å². The van der Waals surface area contributed by atoms with E-state index in [1.165, 1.54) is 19.2 Å². The number of nitrogens with zero attached hydrogens (tertiary/aromatic N) is 2. The van der Waals surface area contributed by atoms with Crippen LogP contribution in [0.25, 0.3) is 0 Å². The predicted octanol–water partition coefficient (Wildman–Crippen LogP) is 1.64. The number of nitro groups is 1. The summed E-state index contributed by atoms with van der Waals surface area (Å²) in [4.78, 5) is 24.4. The fraction of sp³-hybridized carbons (Fsp3) is 0.462. The normalized spacial score (nSPS) is 15.1. The van der Waals surface area contributed by atoms with Gasteiger partial charge in [-0.3, -0.25) is 19.8 Å². The van der Waals surface area contributed by atoms with Gasteiger partial charge in [-0.15, -0.1) is 0 Å². The molecule has 1 fully saturated rings. The minimum absolute atomic E-state index is 0.167. The number of carbonyl (C=O) groups is 1. The second-order valence-corrected chi connectivity index (χ2v) is 4.67. The molecule has 108 valence electrons. The van der Waals surface area contributed by atoms with Gasteiger partial charge >= 0.3 is 0 Å². The Morgan fingerprint density at radius 3 is 2.75 bits per heavy atom. The number of likely N-dealkylation sites (tertiary alicyclic amines) is 1. The van der Waals surface area contributed by atoms with Gasteiger partial charge in [0.2, 0.25) is 5.91 Å². The highest BCUT2D eigenvalue weighted by Crippen LogP contribution is 2.28. The number of benzene rings is 1. The number of anilines is 1. The monoisotopic (exact) mass is 279 g/mol. The van der Waals surface area contributed by atoms with Crippen molar-refractivity contribution >= 4 is 17.3 Å². The average molecular weight is 279 g/mol. The van der Waals surface area contributed by atoms with Crippen molar-refractivity contribution in [1.29, 1.82) is 0 Å². The first-order chi connectivity index (χ1) is 9.60. The molecule has 1 aromatic rings. The maximum Gasteiger partial charge on any atom is 0.296 e. The maximum absolute atomic E-state index is 11.9. The molecule has 1 amide bonds. The molecule has 0 spiro atoms. The van der Waals surface area contributed by atoms with Crippen LogP contribution in [0.15, 0.2) is 18.2 Å². The van der Waals surface area contributed by atoms with Crippen LogP contribution in [0, 0.1) is 10.1 Å². The highest BCUT2D eigenvalue weighted by molar-refractivity contribution is 5.94. The number of hydrogen-bond donors (Lipinski definition) is 1. The van der Waals surface area contributed by atoms with Crippen LogP contribution in [-0.4, -0.2) is 42.5 Å². The fourth-order valence-electron chi connectivity index (χ4n) is 2.23. The number of ether oxygens (including phenoxy) is 1. The van der Waals surface area contributed by atoms with E-state index in [0.717, 1.165) is 25.9 Å². The van der Waals surface area contributed by atoms with Crippen LogP contribution in [0.1, 0.15) is 12.8 Å². The van der Waals surface area contributed by atoms with E-state index in [2.05, 4.69) is 5.32 Å². The number of methoxy groups -OCH3 is 1. The highest BCUT2D eigenvalue weighted by Gasteiger charge is 2.19. The summed E-state index contributed by atoms with van der Waals surface area (Å²) < 4.78 is 4.95. The standard InChI is InChI=1S/C13H17N3O4/c1-20-10-4-5-11(12(8-10)16(18)19)14-13(17)9-15-6-2-3-7-15/h4-5,8H,2-3,6-7,9H2,1H3,(H,14,17). The molecular formula is C13H17N3O4. The molecular weight excluding hydrogens is 262 g/mol. The zero-order valence-corrected chi connectivity index (χ0v) is 11.3. The van der Waals surface area contributed by atoms with Crippen LogP contribution in [0.4, 0.5) is 11.4 Å². The second-order valence-electron chi connectivity index (χ2n) is 4.67. The molecule has 1 saturated heterocycles. The molecule has 0 saturated carbocycles. The first kappa shape index (κ1) is 14.3. The smallest absolute Gasteiger partial charge is 0.296 e. The van der Waals surface area contributed by atoms with E-state index in [1.807, 2.05) is 4.90 Å². The van der Waals surface area contributed by atoms with Crippen molar-refractivity contribution in [2.24, 2.45) is 0 Å². The van der Waals surface area contributed by atoms with Gasteiger partial charge < -0.3 is 10.1 Å². The van der Waals surface area contributed by atoms with Gasteiger partial charge in [-0.2, -0.15) is 0 Å². The van der Waals surface area contributed by atoms with Crippen LogP contribution in [0.2, 0.25) is 0 Å². The summed E-state index contributed by atoms with van der Waals surface area (Å²) in [6, 6.07) is 4.36. The molecule has 7 nitrogen and oxygen atoms in total. The van der Waals surface area contributed by atoms with Gasteiger partial charge in [-0.1, -0.05) is 0 Å². The first-order valence-corrected chi connectivity index (χ1v) is 6.45. The third-order valence-electron chi connectivity index (χ3n) is 3.24. The number of nitrogens with one attached hydrogen (secondary N) is 1. The molecule has 0 atom stereocenters. The van der Waals surface area contributed by atoms with Gasteiger partial charge in [0.25, 0.3) is 5.69 Å². The lowest BCUT2D eigenvalue weighted by atomic mass is 10.2. The molecule has 1 N–H and O–H groups in total. The Balaban J connectivity index is 2.07. The number of rotatable bonds is 5. The van der Waals surface area contributed by atoms with Crippen molar-refractivity contribution in [1.82, 2.24) is 4.90 Å². The van der Waals surface area contributed by atoms with Crippen LogP contribution < -0.4 is 10.1 Å². The van der Waals surface area contributed by atoms with E-state index >= 15 is 0 Å². The topological polar surface area (TPSA) is 84.7 Å². The molecule has 20 heavy (non-hydrogen) atoms. The van der Waals surface area contributed by atoms with Gasteiger partial charge in [0.1, 0.15) is 11.4 Å². The second kappa shape index (κ2) is 6.33. The molecule has 1 aliphatic rings. The summed E-state index contributed by atoms with van der Waals surface area (Å²) >= 11 is 0. The Labute approximate surface area is 116 Å². The Hall–Kier alpha value is -2.15. The summed E-state index contributed by atoms with van der Waals surface area (Å²) in [7, 11) is 1.44. The summed E-state index contributed by atoms with van der Waals surface area (Å²) in [6.45, 7) is 2.07. The largest absolute Gasteiger partial charge is 0.496 e. The molecule has 1 aromatic carbocycles. The van der Waals surface area contributed by atoms with E-state index < -0.39 is 4.92 Å². The van der Waals surface area contributed by atoms with Crippen LogP contribution in [-0.2, 0) is 4.79 Å². The number of nitro benzene ring substituents is 1. The van der Waals surface area contributed by atoms with Gasteiger partial charge in [0.15, 0.2) is 0 Å². The lowest BCUT2D eigenvalue weighted by molar-refractivity contribution is -0.384. The van der Waals surface area contributed by atoms with Gasteiger partial charge in [0.05, 0.1) is 24.6 Å². The Morgan fingerprint density at radius 1 is 1.45 bits per heavy atom. The van der Waals surface area contributed by atoms with Gasteiger partial charge in [0, 0.05) is 0 Å². The number of hydrogen-bond acceptors (Lipinski definition) is 5. The van der Waals surface area contributed by atoms with Crippen molar-refractivity contribution in [3.63, 3.8) is 0 Å². The minimum Gasteiger partial charge on any atom is -0.496 e. The summed E-state index contributed by atoms with van der Waals surface area (Å²) in [6.07, 6.45) is 2.19. The number of carbonyl (C=O) groups excluding carboxylic acids is 1. The van der Waals surface area contributed by atoms with Crippen LogP contribution in [0.3, 0.4) is 0 Å². The van der Waals surface area contributed by atoms with Crippen molar-refractivity contribution < 1.29 is 14.5 Å². The van der Waals surface area contributed by atoms with E-state index in [1.54, 1.807) is 6.07 Å². The van der Waals surface area contributed by atoms with Crippen molar-refractivity contribution in [2.75, 3.05) is 32.1 Å². The van der Waals surface area contributed by atoms with Crippen molar-refractivity contribution in [3.8, 4) is 5.75 Å². The summed E-state index contributed by atoms with van der Waals surface area (Å²) in [5.74, 6) is 0.148. The molecule has 0 aromatic heterocycles. The molecule has 0 radical (unpaired) electrons. The zero-order valence-electron chi connectivity index (χ0n) is 11.3. The van der Waals surface area contributed by atoms with Crippen molar-refractivity contribution in [2.45, 2.75) is 12.8 Å². The summed E-state index contributed by atoms with van der Waals surface area (Å²) in [5.41, 5.74) is 0.0270. The zero-order chi connectivity index (χ0) is 14.5. The minimum atomic E-state index is -0.534. The average Bonchev–Trinajstić information content (AvgIpc) is 2.91. The van der Waals surface area contributed by atoms with Crippen LogP contribution in [0.5, 0.6) is 5.75 Å². The molecule has 0 bridgehead atoms. The van der Waals surface area contributed by atoms with Crippen molar-refractivity contribution in [3.05, 3.63) is 28.3 Å². The van der Waals surface area contributed by atoms with E-state index in [4.69, 9.17) is 4.74 Å². The summed E-state index contributed by atoms with van der Waals surface area (Å²) in [5, 5.41) is 13.6. The highest BCUT2D eigenvalue weighted by atomic mass is 16.6. The molecule has 7 heteroatoms. The maximum atomic E-state index is 11.9. The molecule has 0 aliphatic carbocycles. The lowest BCUT2D eigenvalue weighted by Gasteiger charge is -2.14. The Bertz CT molecular complexity index is 512. The van der Waals surface area contributed by atoms with Crippen LogP contribution >= 0.6 is 0 Å². The quantitative estimate of drug-likeness (QED) is 0.654. The predicted molar refractivity (Wildman–Crippen MR) is 74.0 cm³/mol. The fourth-order valence-corrected chi connectivity index (χ4v) is 2.23. The third kappa shape index (κ3) is 3.45.